The summed E-state index contributed by atoms with van der Waals surface area (Å²) in [5.41, 5.74) is 5.56. The van der Waals surface area contributed by atoms with Crippen molar-refractivity contribution >= 4 is 16.9 Å². The Bertz CT molecular complexity index is 1370. The number of H-pyrrole nitrogens is 1. The normalized spacial score (nSPS) is 23.7. The van der Waals surface area contributed by atoms with Gasteiger partial charge in [-0.15, -0.1) is 0 Å². The number of para-hydroxylation sites is 1. The van der Waals surface area contributed by atoms with Crippen LogP contribution in [0, 0.1) is 5.82 Å². The topological polar surface area (TPSA) is 70.2 Å². The number of halogens is 1. The van der Waals surface area contributed by atoms with Crippen LogP contribution in [-0.4, -0.2) is 40.0 Å². The zero-order chi connectivity index (χ0) is 24.6. The number of nitrogens with zero attached hydrogens (tertiary/aromatic N) is 2. The summed E-state index contributed by atoms with van der Waals surface area (Å²) in [5, 5.41) is 4.89. The fourth-order valence-electron chi connectivity index (χ4n) is 6.09. The Hall–Kier alpha value is -3.55. The summed E-state index contributed by atoms with van der Waals surface area (Å²) in [4.78, 5) is 23.4. The average Bonchev–Trinajstić information content (AvgIpc) is 3.30. The third-order valence-electron chi connectivity index (χ3n) is 7.72. The molecule has 0 radical (unpaired) electrons. The van der Waals surface area contributed by atoms with Crippen molar-refractivity contribution < 1.29 is 13.9 Å². The average molecular weight is 485 g/mol. The smallest absolute Gasteiger partial charge is 0.323 e. The fraction of sp³-hybridized carbons (Fsp3) is 0.310. The van der Waals surface area contributed by atoms with Gasteiger partial charge in [-0.3, -0.25) is 14.7 Å². The molecule has 4 heterocycles. The van der Waals surface area contributed by atoms with Gasteiger partial charge < -0.3 is 15.0 Å². The van der Waals surface area contributed by atoms with Gasteiger partial charge in [-0.25, -0.2) is 4.39 Å². The second-order valence-electron chi connectivity index (χ2n) is 9.75. The SMILES string of the molecule is COC(=O)[C@@H]1Cc2c([nH]c3ccccc23)[C@H]2C[C@@H](NCc3cccnc3)C[C@@H](c3ccc(F)cc3)N21. The minimum Gasteiger partial charge on any atom is -0.468 e. The van der Waals surface area contributed by atoms with Crippen molar-refractivity contribution in [3.05, 3.63) is 101 Å². The highest BCUT2D eigenvalue weighted by Crippen LogP contribution is 2.48. The van der Waals surface area contributed by atoms with Crippen LogP contribution >= 0.6 is 0 Å². The molecule has 184 valence electrons. The molecule has 2 N–H and O–H groups in total. The van der Waals surface area contributed by atoms with Crippen LogP contribution < -0.4 is 5.32 Å². The summed E-state index contributed by atoms with van der Waals surface area (Å²) in [6, 6.07) is 18.7. The molecule has 0 spiro atoms. The number of hydrogen-bond donors (Lipinski definition) is 2. The number of fused-ring (bicyclic) bond motifs is 5. The molecule has 2 aliphatic heterocycles. The Morgan fingerprint density at radius 3 is 2.69 bits per heavy atom. The maximum absolute atomic E-state index is 13.8. The maximum Gasteiger partial charge on any atom is 0.323 e. The molecular formula is C29H29FN4O2. The molecule has 0 amide bonds. The molecule has 2 aromatic heterocycles. The number of piperidine rings is 1. The molecule has 7 heteroatoms. The van der Waals surface area contributed by atoms with Crippen molar-refractivity contribution in [2.24, 2.45) is 0 Å². The number of benzene rings is 2. The van der Waals surface area contributed by atoms with Crippen molar-refractivity contribution in [1.29, 1.82) is 0 Å². The Balaban J connectivity index is 1.43. The van der Waals surface area contributed by atoms with Crippen LogP contribution in [0.1, 0.15) is 47.3 Å². The van der Waals surface area contributed by atoms with E-state index in [4.69, 9.17) is 4.74 Å². The highest BCUT2D eigenvalue weighted by Gasteiger charge is 2.48. The molecule has 0 bridgehead atoms. The van der Waals surface area contributed by atoms with Crippen molar-refractivity contribution in [3.8, 4) is 0 Å². The van der Waals surface area contributed by atoms with E-state index in [1.807, 2.05) is 36.5 Å². The van der Waals surface area contributed by atoms with Gasteiger partial charge >= 0.3 is 5.97 Å². The predicted octanol–water partition coefficient (Wildman–Crippen LogP) is 4.84. The number of aromatic nitrogens is 2. The number of rotatable bonds is 5. The second kappa shape index (κ2) is 9.48. The van der Waals surface area contributed by atoms with Crippen LogP contribution in [0.5, 0.6) is 0 Å². The number of carbonyl (C=O) groups excluding carboxylic acids is 1. The lowest BCUT2D eigenvalue weighted by molar-refractivity contribution is -0.152. The maximum atomic E-state index is 13.8. The zero-order valence-electron chi connectivity index (χ0n) is 20.2. The third kappa shape index (κ3) is 4.08. The minimum atomic E-state index is -0.416. The molecule has 0 saturated carbocycles. The number of carbonyl (C=O) groups is 1. The Morgan fingerprint density at radius 1 is 1.11 bits per heavy atom. The summed E-state index contributed by atoms with van der Waals surface area (Å²) in [6.45, 7) is 0.710. The Kier molecular flexibility index (Phi) is 6.03. The zero-order valence-corrected chi connectivity index (χ0v) is 20.2. The number of nitrogens with one attached hydrogen (secondary N) is 2. The first-order valence-electron chi connectivity index (χ1n) is 12.4. The number of pyridine rings is 1. The molecule has 4 atom stereocenters. The molecule has 2 aliphatic rings. The van der Waals surface area contributed by atoms with E-state index in [-0.39, 0.29) is 29.9 Å². The number of ether oxygens (including phenoxy) is 1. The largest absolute Gasteiger partial charge is 0.468 e. The van der Waals surface area contributed by atoms with Crippen LogP contribution in [0.2, 0.25) is 0 Å². The second-order valence-corrected chi connectivity index (χ2v) is 9.75. The lowest BCUT2D eigenvalue weighted by Gasteiger charge is -2.50. The molecular weight excluding hydrogens is 455 g/mol. The first-order valence-corrected chi connectivity index (χ1v) is 12.4. The molecule has 1 fully saturated rings. The standard InChI is InChI=1S/C29H29FN4O2/c1-36-29(35)27-15-23-22-6-2-3-7-24(22)33-28(23)26-14-21(32-17-18-5-4-12-31-16-18)13-25(34(26)27)19-8-10-20(30)11-9-19/h2-12,16,21,25-27,32-33H,13-15,17H2,1H3/t21-,25-,26+,27-/m0/s1. The van der Waals surface area contributed by atoms with E-state index in [9.17, 15) is 9.18 Å². The van der Waals surface area contributed by atoms with Gasteiger partial charge in [0.05, 0.1) is 13.2 Å². The summed E-state index contributed by atoms with van der Waals surface area (Å²) in [7, 11) is 1.46. The first kappa shape index (κ1) is 22.9. The Labute approximate surface area is 209 Å². The summed E-state index contributed by atoms with van der Waals surface area (Å²) < 4.78 is 19.1. The third-order valence-corrected chi connectivity index (χ3v) is 7.72. The molecule has 6 rings (SSSR count). The number of methoxy groups -OCH3 is 1. The van der Waals surface area contributed by atoms with Gasteiger partial charge in [-0.1, -0.05) is 36.4 Å². The monoisotopic (exact) mass is 484 g/mol. The highest BCUT2D eigenvalue weighted by molar-refractivity contribution is 5.87. The van der Waals surface area contributed by atoms with E-state index in [1.54, 1.807) is 6.20 Å². The lowest BCUT2D eigenvalue weighted by Crippen LogP contribution is -2.55. The van der Waals surface area contributed by atoms with E-state index in [0.29, 0.717) is 13.0 Å². The van der Waals surface area contributed by atoms with Crippen molar-refractivity contribution in [1.82, 2.24) is 20.2 Å². The highest BCUT2D eigenvalue weighted by atomic mass is 19.1. The van der Waals surface area contributed by atoms with E-state index in [0.717, 1.165) is 40.6 Å². The van der Waals surface area contributed by atoms with E-state index in [2.05, 4.69) is 38.4 Å². The van der Waals surface area contributed by atoms with Gasteiger partial charge in [0, 0.05) is 54.0 Å². The molecule has 6 nitrogen and oxygen atoms in total. The molecule has 36 heavy (non-hydrogen) atoms. The molecule has 0 aliphatic carbocycles. The quantitative estimate of drug-likeness (QED) is 0.397. The van der Waals surface area contributed by atoms with Crippen LogP contribution in [-0.2, 0) is 22.5 Å². The molecule has 1 saturated heterocycles. The van der Waals surface area contributed by atoms with Gasteiger partial charge in [0.25, 0.3) is 0 Å². The summed E-state index contributed by atoms with van der Waals surface area (Å²) >= 11 is 0. The van der Waals surface area contributed by atoms with E-state index in [1.165, 1.54) is 24.8 Å². The predicted molar refractivity (Wildman–Crippen MR) is 136 cm³/mol. The Morgan fingerprint density at radius 2 is 1.92 bits per heavy atom. The van der Waals surface area contributed by atoms with Crippen LogP contribution in [0.3, 0.4) is 0 Å². The van der Waals surface area contributed by atoms with E-state index < -0.39 is 6.04 Å². The van der Waals surface area contributed by atoms with E-state index >= 15 is 0 Å². The molecule has 0 unspecified atom stereocenters. The number of hydrogen-bond acceptors (Lipinski definition) is 5. The molecule has 2 aromatic carbocycles. The van der Waals surface area contributed by atoms with Gasteiger partial charge in [-0.05, 0) is 53.8 Å². The summed E-state index contributed by atoms with van der Waals surface area (Å²) in [5.74, 6) is -0.497. The van der Waals surface area contributed by atoms with Crippen LogP contribution in [0.4, 0.5) is 4.39 Å². The minimum absolute atomic E-state index is 0.0135. The molecule has 4 aromatic rings. The summed E-state index contributed by atoms with van der Waals surface area (Å²) in [6.07, 6.45) is 5.87. The first-order chi connectivity index (χ1) is 17.6. The van der Waals surface area contributed by atoms with Gasteiger partial charge in [0.15, 0.2) is 0 Å². The van der Waals surface area contributed by atoms with Crippen LogP contribution in [0.15, 0.2) is 73.1 Å². The van der Waals surface area contributed by atoms with Crippen molar-refractivity contribution in [2.45, 2.75) is 50.0 Å². The van der Waals surface area contributed by atoms with Crippen LogP contribution in [0.25, 0.3) is 10.9 Å². The van der Waals surface area contributed by atoms with Crippen molar-refractivity contribution in [2.75, 3.05) is 7.11 Å². The van der Waals surface area contributed by atoms with Gasteiger partial charge in [0.2, 0.25) is 0 Å². The lowest BCUT2D eigenvalue weighted by atomic mass is 9.79. The number of aromatic amines is 1. The van der Waals surface area contributed by atoms with Gasteiger partial charge in [-0.2, -0.15) is 0 Å². The van der Waals surface area contributed by atoms with Crippen molar-refractivity contribution in [3.63, 3.8) is 0 Å². The number of esters is 1. The fourth-order valence-corrected chi connectivity index (χ4v) is 6.09. The van der Waals surface area contributed by atoms with Gasteiger partial charge in [0.1, 0.15) is 11.9 Å².